The third-order valence-electron chi connectivity index (χ3n) is 2.81. The number of hydrogen-bond acceptors (Lipinski definition) is 3. The second-order valence-corrected chi connectivity index (χ2v) is 3.77. The normalized spacial score (nSPS) is 16.0. The lowest BCUT2D eigenvalue weighted by molar-refractivity contribution is -0.139. The molecule has 0 N–H and O–H groups in total. The van der Waals surface area contributed by atoms with Crippen LogP contribution in [0.15, 0.2) is 30.3 Å². The molecule has 0 bridgehead atoms. The zero-order valence-electron chi connectivity index (χ0n) is 9.00. The molecule has 0 spiro atoms. The zero-order valence-corrected chi connectivity index (χ0v) is 9.00. The number of carbonyl (C=O) groups is 2. The van der Waals surface area contributed by atoms with Crippen molar-refractivity contribution in [2.75, 3.05) is 31.1 Å². The summed E-state index contributed by atoms with van der Waals surface area (Å²) in [6.45, 7) is 2.80. The van der Waals surface area contributed by atoms with Crippen molar-refractivity contribution >= 4 is 17.9 Å². The van der Waals surface area contributed by atoms with Gasteiger partial charge in [-0.15, -0.1) is 0 Å². The van der Waals surface area contributed by atoms with Gasteiger partial charge in [0, 0.05) is 31.9 Å². The van der Waals surface area contributed by atoms with E-state index in [9.17, 15) is 9.59 Å². The Hall–Kier alpha value is -1.84. The van der Waals surface area contributed by atoms with Gasteiger partial charge in [0.2, 0.25) is 6.29 Å². The van der Waals surface area contributed by atoms with Gasteiger partial charge in [-0.1, -0.05) is 18.2 Å². The minimum absolute atomic E-state index is 0.387. The fourth-order valence-corrected chi connectivity index (χ4v) is 1.90. The smallest absolute Gasteiger partial charge is 0.286 e. The number of carbonyl (C=O) groups excluding carboxylic acids is 2. The van der Waals surface area contributed by atoms with Crippen molar-refractivity contribution < 1.29 is 9.59 Å². The third kappa shape index (κ3) is 2.21. The number of hydrogen-bond donors (Lipinski definition) is 0. The summed E-state index contributed by atoms with van der Waals surface area (Å²) in [4.78, 5) is 25.3. The summed E-state index contributed by atoms with van der Waals surface area (Å²) in [7, 11) is 0. The van der Waals surface area contributed by atoms with Crippen LogP contribution in [0.4, 0.5) is 5.69 Å². The van der Waals surface area contributed by atoms with Gasteiger partial charge in [0.25, 0.3) is 5.91 Å². The quantitative estimate of drug-likeness (QED) is 0.537. The molecule has 0 radical (unpaired) electrons. The van der Waals surface area contributed by atoms with Crippen LogP contribution in [-0.2, 0) is 9.59 Å². The minimum atomic E-state index is -0.410. The van der Waals surface area contributed by atoms with Crippen molar-refractivity contribution in [3.8, 4) is 0 Å². The Morgan fingerprint density at radius 2 is 1.69 bits per heavy atom. The molecular weight excluding hydrogens is 204 g/mol. The summed E-state index contributed by atoms with van der Waals surface area (Å²) in [5, 5.41) is 0. The third-order valence-corrected chi connectivity index (χ3v) is 2.81. The monoisotopic (exact) mass is 218 g/mol. The summed E-state index contributed by atoms with van der Waals surface area (Å²) in [6.07, 6.45) is 0.387. The molecule has 0 aromatic heterocycles. The molecule has 1 amide bonds. The Morgan fingerprint density at radius 1 is 1.06 bits per heavy atom. The maximum Gasteiger partial charge on any atom is 0.286 e. The Morgan fingerprint density at radius 3 is 2.25 bits per heavy atom. The van der Waals surface area contributed by atoms with Gasteiger partial charge in [0.15, 0.2) is 0 Å². The lowest BCUT2D eigenvalue weighted by Gasteiger charge is -2.35. The fraction of sp³-hybridized carbons (Fsp3) is 0.333. The summed E-state index contributed by atoms with van der Waals surface area (Å²) < 4.78 is 0. The van der Waals surface area contributed by atoms with Crippen LogP contribution in [0.1, 0.15) is 0 Å². The molecule has 16 heavy (non-hydrogen) atoms. The highest BCUT2D eigenvalue weighted by molar-refractivity contribution is 6.23. The molecular formula is C12H14N2O2. The molecule has 4 nitrogen and oxygen atoms in total. The van der Waals surface area contributed by atoms with Crippen molar-refractivity contribution in [3.05, 3.63) is 30.3 Å². The van der Waals surface area contributed by atoms with E-state index in [0.29, 0.717) is 19.4 Å². The van der Waals surface area contributed by atoms with E-state index >= 15 is 0 Å². The van der Waals surface area contributed by atoms with Gasteiger partial charge in [0.05, 0.1) is 0 Å². The molecule has 4 heteroatoms. The molecule has 1 aromatic carbocycles. The van der Waals surface area contributed by atoms with E-state index in [1.165, 1.54) is 5.69 Å². The Kier molecular flexibility index (Phi) is 3.19. The molecule has 84 valence electrons. The maximum atomic E-state index is 11.1. The maximum absolute atomic E-state index is 11.1. The minimum Gasteiger partial charge on any atom is -0.368 e. The summed E-state index contributed by atoms with van der Waals surface area (Å²) >= 11 is 0. The van der Waals surface area contributed by atoms with Gasteiger partial charge in [0.1, 0.15) is 0 Å². The molecule has 1 aliphatic rings. The van der Waals surface area contributed by atoms with E-state index < -0.39 is 5.91 Å². The largest absolute Gasteiger partial charge is 0.368 e. The lowest BCUT2D eigenvalue weighted by Crippen LogP contribution is -2.49. The molecule has 0 atom stereocenters. The van der Waals surface area contributed by atoms with Gasteiger partial charge in [-0.05, 0) is 12.1 Å². The topological polar surface area (TPSA) is 40.6 Å². The van der Waals surface area contributed by atoms with Crippen LogP contribution in [-0.4, -0.2) is 43.3 Å². The van der Waals surface area contributed by atoms with Crippen molar-refractivity contribution in [1.82, 2.24) is 4.90 Å². The average Bonchev–Trinajstić information content (AvgIpc) is 2.39. The van der Waals surface area contributed by atoms with Crippen LogP contribution in [0, 0.1) is 0 Å². The second kappa shape index (κ2) is 4.79. The first-order valence-electron chi connectivity index (χ1n) is 5.35. The van der Waals surface area contributed by atoms with Crippen molar-refractivity contribution in [3.63, 3.8) is 0 Å². The Labute approximate surface area is 94.5 Å². The van der Waals surface area contributed by atoms with Crippen LogP contribution in [0.2, 0.25) is 0 Å². The molecule has 1 aliphatic heterocycles. The highest BCUT2D eigenvalue weighted by Gasteiger charge is 2.20. The first kappa shape index (κ1) is 10.7. The van der Waals surface area contributed by atoms with Gasteiger partial charge in [-0.3, -0.25) is 9.59 Å². The van der Waals surface area contributed by atoms with Crippen molar-refractivity contribution in [2.45, 2.75) is 0 Å². The number of nitrogens with zero attached hydrogens (tertiary/aromatic N) is 2. The SMILES string of the molecule is O=CC(=O)N1CCN(c2ccccc2)CC1. The van der Waals surface area contributed by atoms with Gasteiger partial charge in [-0.25, -0.2) is 0 Å². The molecule has 0 aliphatic carbocycles. The zero-order chi connectivity index (χ0) is 11.4. The van der Waals surface area contributed by atoms with E-state index in [4.69, 9.17) is 0 Å². The summed E-state index contributed by atoms with van der Waals surface area (Å²) in [5.74, 6) is -0.410. The van der Waals surface area contributed by atoms with Gasteiger partial charge in [-0.2, -0.15) is 0 Å². The first-order chi connectivity index (χ1) is 7.81. The predicted octanol–water partition coefficient (Wildman–Crippen LogP) is 0.534. The number of piperazine rings is 1. The van der Waals surface area contributed by atoms with E-state index in [1.807, 2.05) is 18.2 Å². The van der Waals surface area contributed by atoms with E-state index in [2.05, 4.69) is 17.0 Å². The second-order valence-electron chi connectivity index (χ2n) is 3.77. The fourth-order valence-electron chi connectivity index (χ4n) is 1.90. The van der Waals surface area contributed by atoms with E-state index in [1.54, 1.807) is 4.90 Å². The molecule has 0 unspecified atom stereocenters. The summed E-state index contributed by atoms with van der Waals surface area (Å²) in [6, 6.07) is 10.1. The van der Waals surface area contributed by atoms with Crippen LogP contribution in [0.5, 0.6) is 0 Å². The standard InChI is InChI=1S/C12H14N2O2/c15-10-12(16)14-8-6-13(7-9-14)11-4-2-1-3-5-11/h1-5,10H,6-9H2. The molecule has 1 heterocycles. The summed E-state index contributed by atoms with van der Waals surface area (Å²) in [5.41, 5.74) is 1.17. The number of aldehydes is 1. The molecule has 2 rings (SSSR count). The first-order valence-corrected chi connectivity index (χ1v) is 5.35. The average molecular weight is 218 g/mol. The van der Waals surface area contributed by atoms with Crippen molar-refractivity contribution in [1.29, 1.82) is 0 Å². The molecule has 0 saturated carbocycles. The van der Waals surface area contributed by atoms with E-state index in [-0.39, 0.29) is 0 Å². The van der Waals surface area contributed by atoms with Crippen LogP contribution < -0.4 is 4.90 Å². The van der Waals surface area contributed by atoms with E-state index in [0.717, 1.165) is 13.1 Å². The predicted molar refractivity (Wildman–Crippen MR) is 61.3 cm³/mol. The Balaban J connectivity index is 1.95. The lowest BCUT2D eigenvalue weighted by atomic mass is 10.2. The van der Waals surface area contributed by atoms with Gasteiger partial charge >= 0.3 is 0 Å². The number of rotatable bonds is 2. The number of benzene rings is 1. The number of amides is 1. The highest BCUT2D eigenvalue weighted by atomic mass is 16.2. The highest BCUT2D eigenvalue weighted by Crippen LogP contribution is 2.15. The molecule has 1 fully saturated rings. The van der Waals surface area contributed by atoms with Crippen LogP contribution >= 0.6 is 0 Å². The number of para-hydroxylation sites is 1. The molecule has 1 aromatic rings. The Bertz CT molecular complexity index is 370. The van der Waals surface area contributed by atoms with Gasteiger partial charge < -0.3 is 9.80 Å². The van der Waals surface area contributed by atoms with Crippen LogP contribution in [0.25, 0.3) is 0 Å². The van der Waals surface area contributed by atoms with Crippen LogP contribution in [0.3, 0.4) is 0 Å². The molecule has 1 saturated heterocycles. The van der Waals surface area contributed by atoms with Crippen molar-refractivity contribution in [2.24, 2.45) is 0 Å². The number of anilines is 1.